The van der Waals surface area contributed by atoms with Crippen LogP contribution >= 0.6 is 0 Å². The monoisotopic (exact) mass is 1420 g/mol. The highest BCUT2D eigenvalue weighted by molar-refractivity contribution is 5.99. The fourth-order valence-electron chi connectivity index (χ4n) is 16.4. The minimum atomic E-state index is -0.213. The number of aromatic amines is 3. The van der Waals surface area contributed by atoms with Gasteiger partial charge in [0.1, 0.15) is 34.9 Å². The van der Waals surface area contributed by atoms with Crippen LogP contribution in [0.1, 0.15) is 199 Å². The van der Waals surface area contributed by atoms with Gasteiger partial charge in [0.15, 0.2) is 0 Å². The second-order valence-electron chi connectivity index (χ2n) is 29.2. The molecule has 12 aromatic rings. The lowest BCUT2D eigenvalue weighted by atomic mass is 9.73. The number of pyridine rings is 3. The molecule has 4 aliphatic rings. The number of benzene rings is 6. The summed E-state index contributed by atoms with van der Waals surface area (Å²) in [6.07, 6.45) is 18.5. The summed E-state index contributed by atoms with van der Waals surface area (Å²) in [4.78, 5) is 75.4. The number of nitrogens with one attached hydrogen (secondary N) is 6. The van der Waals surface area contributed by atoms with Crippen LogP contribution < -0.4 is 16.0 Å². The summed E-state index contributed by atoms with van der Waals surface area (Å²) in [7, 11) is 3.22. The van der Waals surface area contributed by atoms with Crippen molar-refractivity contribution in [3.63, 3.8) is 0 Å². The van der Waals surface area contributed by atoms with Crippen molar-refractivity contribution in [1.29, 1.82) is 0 Å². The molecule has 0 spiro atoms. The second kappa shape index (κ2) is 32.6. The molecule has 3 atom stereocenters. The molecule has 6 aromatic carbocycles. The van der Waals surface area contributed by atoms with Crippen molar-refractivity contribution in [2.45, 2.75) is 139 Å². The van der Waals surface area contributed by atoms with Gasteiger partial charge in [0.05, 0.1) is 82.1 Å². The summed E-state index contributed by atoms with van der Waals surface area (Å²) in [6, 6.07) is 37.6. The van der Waals surface area contributed by atoms with E-state index in [0.717, 1.165) is 160 Å². The van der Waals surface area contributed by atoms with Gasteiger partial charge >= 0.3 is 0 Å². The van der Waals surface area contributed by atoms with Gasteiger partial charge in [-0.2, -0.15) is 0 Å². The molecular weight excluding hydrogens is 1330 g/mol. The molecule has 544 valence electrons. The van der Waals surface area contributed by atoms with Crippen molar-refractivity contribution in [3.05, 3.63) is 214 Å². The molecule has 105 heavy (non-hydrogen) atoms. The number of amides is 3. The zero-order chi connectivity index (χ0) is 72.7. The third-order valence-corrected chi connectivity index (χ3v) is 22.7. The molecular formula is C84H91F3N12O6. The number of rotatable bonds is 19. The van der Waals surface area contributed by atoms with Crippen molar-refractivity contribution in [2.75, 3.05) is 53.7 Å². The number of halogens is 3. The summed E-state index contributed by atoms with van der Waals surface area (Å²) in [5.74, 6) is 5.66. The highest BCUT2D eigenvalue weighted by Gasteiger charge is 2.33. The molecule has 16 rings (SSSR count). The van der Waals surface area contributed by atoms with E-state index in [1.165, 1.54) is 34.9 Å². The molecule has 18 nitrogen and oxygen atoms in total. The zero-order valence-electron chi connectivity index (χ0n) is 60.1. The third-order valence-electron chi connectivity index (χ3n) is 22.7. The Hall–Kier alpha value is -9.96. The Labute approximate surface area is 608 Å². The number of imidazole rings is 3. The van der Waals surface area contributed by atoms with E-state index >= 15 is 0 Å². The van der Waals surface area contributed by atoms with Gasteiger partial charge in [-0.3, -0.25) is 29.3 Å². The van der Waals surface area contributed by atoms with Gasteiger partial charge in [-0.15, -0.1) is 0 Å². The first-order chi connectivity index (χ1) is 51.1. The van der Waals surface area contributed by atoms with Crippen molar-refractivity contribution >= 4 is 83.5 Å². The number of carbonyl (C=O) groups excluding carboxylic acids is 3. The molecule has 1 aliphatic heterocycles. The molecule has 6 aromatic heterocycles. The van der Waals surface area contributed by atoms with Crippen molar-refractivity contribution < 1.29 is 41.8 Å². The van der Waals surface area contributed by atoms with Gasteiger partial charge in [-0.1, -0.05) is 20.8 Å². The normalized spacial score (nSPS) is 20.0. The van der Waals surface area contributed by atoms with E-state index in [9.17, 15) is 27.6 Å². The number of hydrogen-bond acceptors (Lipinski definition) is 12. The van der Waals surface area contributed by atoms with Crippen molar-refractivity contribution in [2.24, 2.45) is 17.8 Å². The Bertz CT molecular complexity index is 4860. The van der Waals surface area contributed by atoms with Crippen LogP contribution in [0.25, 0.3) is 65.8 Å². The molecule has 4 fully saturated rings. The van der Waals surface area contributed by atoms with Gasteiger partial charge in [0.25, 0.3) is 17.7 Å². The van der Waals surface area contributed by atoms with Crippen LogP contribution in [0.4, 0.5) is 13.2 Å². The van der Waals surface area contributed by atoms with E-state index in [0.29, 0.717) is 97.6 Å². The first-order valence-corrected chi connectivity index (χ1v) is 37.2. The SMILES string of the molecule is CC(c1nc2ccc(C(=O)NC3COC3)cc2[nH]1)C1CCC(c2ccnc3ccc(F)cc23)CC1.COCCNC(=O)c1ccc2nc([C@H](C)C3CCC(c4ccnc5ccc(F)cc45)CC3)[nH]c2c1.COCCNC(=O)c1ccc2nc([C@H](C)C3CCC(c4ccnc5ccc(F)cc45)CC3)[nH]c2c1. The number of carbonyl (C=O) groups is 3. The molecule has 0 radical (unpaired) electrons. The standard InChI is InChI=1S/C28H29FN4O2.2C28H31FN4O2/c1-16(27-32-25-8-6-19(12-26(25)33-27)28(34)31-21-14-35-15-21)17-2-4-18(5-3-17)22-10-11-30-24-9-7-20(29)13-23(22)24;2*1-17(27-32-25-9-7-20(15-26(25)33-27)28(34)31-13-14-35-2)18-3-5-19(6-4-18)22-11-12-30-24-10-8-21(29)16-23(22)24/h6-13,16-18,21H,2-5,14-15H2,1H3,(H,31,34)(H,32,33);2*7-12,15-19H,3-6,13-14H2,1-2H3,(H,31,34)(H,32,33)/t;2*17-,18?,19?/m.11/s1. The Morgan fingerprint density at radius 1 is 0.429 bits per heavy atom. The maximum atomic E-state index is 13.9. The van der Waals surface area contributed by atoms with E-state index in [1.54, 1.807) is 50.6 Å². The average Bonchev–Trinajstić information content (AvgIpc) is 1.63. The summed E-state index contributed by atoms with van der Waals surface area (Å²) in [5, 5.41) is 11.5. The Kier molecular flexibility index (Phi) is 22.4. The zero-order valence-corrected chi connectivity index (χ0v) is 60.1. The summed E-state index contributed by atoms with van der Waals surface area (Å²) in [5.41, 5.74) is 13.3. The van der Waals surface area contributed by atoms with Gasteiger partial charge in [-0.05, 0) is 257 Å². The molecule has 1 saturated heterocycles. The van der Waals surface area contributed by atoms with E-state index < -0.39 is 0 Å². The molecule has 7 heterocycles. The first-order valence-electron chi connectivity index (χ1n) is 37.2. The maximum Gasteiger partial charge on any atom is 0.251 e. The minimum absolute atomic E-state index is 0.0776. The number of methoxy groups -OCH3 is 2. The Morgan fingerprint density at radius 3 is 1.05 bits per heavy atom. The quantitative estimate of drug-likeness (QED) is 0.0415. The fraction of sp³-hybridized carbons (Fsp3) is 0.393. The van der Waals surface area contributed by atoms with Crippen LogP contribution in [0.2, 0.25) is 0 Å². The fourth-order valence-corrected chi connectivity index (χ4v) is 16.4. The van der Waals surface area contributed by atoms with E-state index in [4.69, 9.17) is 29.2 Å². The summed E-state index contributed by atoms with van der Waals surface area (Å²) in [6.45, 7) is 9.79. The lowest BCUT2D eigenvalue weighted by molar-refractivity contribution is -0.00346. The minimum Gasteiger partial charge on any atom is -0.383 e. The van der Waals surface area contributed by atoms with Crippen LogP contribution in [0.15, 0.2) is 146 Å². The molecule has 0 bridgehead atoms. The Morgan fingerprint density at radius 2 is 0.743 bits per heavy atom. The van der Waals surface area contributed by atoms with Crippen LogP contribution in [0.5, 0.6) is 0 Å². The highest BCUT2D eigenvalue weighted by atomic mass is 19.1. The summed E-state index contributed by atoms with van der Waals surface area (Å²) < 4.78 is 56.8. The smallest absolute Gasteiger partial charge is 0.251 e. The number of nitrogens with zero attached hydrogens (tertiary/aromatic N) is 6. The number of H-pyrrole nitrogens is 3. The van der Waals surface area contributed by atoms with Gasteiger partial charge in [-0.25, -0.2) is 28.1 Å². The second-order valence-corrected chi connectivity index (χ2v) is 29.2. The predicted molar refractivity (Wildman–Crippen MR) is 403 cm³/mol. The van der Waals surface area contributed by atoms with Gasteiger partial charge in [0, 0.05) is 96.5 Å². The predicted octanol–water partition coefficient (Wildman–Crippen LogP) is 16.9. The van der Waals surface area contributed by atoms with E-state index in [1.807, 2.05) is 73.2 Å². The third kappa shape index (κ3) is 16.5. The molecule has 21 heteroatoms. The Balaban J connectivity index is 0.000000133. The van der Waals surface area contributed by atoms with Crippen LogP contribution in [-0.2, 0) is 14.2 Å². The number of fused-ring (bicyclic) bond motifs is 6. The van der Waals surface area contributed by atoms with Crippen LogP contribution in [0.3, 0.4) is 0 Å². The average molecular weight is 1420 g/mol. The topological polar surface area (TPSA) is 240 Å². The largest absolute Gasteiger partial charge is 0.383 e. The lowest BCUT2D eigenvalue weighted by Crippen LogP contribution is -2.48. The highest BCUT2D eigenvalue weighted by Crippen LogP contribution is 2.47. The van der Waals surface area contributed by atoms with E-state index in [-0.39, 0.29) is 53.1 Å². The van der Waals surface area contributed by atoms with Gasteiger partial charge < -0.3 is 45.1 Å². The lowest BCUT2D eigenvalue weighted by Gasteiger charge is -2.32. The molecule has 3 amide bonds. The van der Waals surface area contributed by atoms with Crippen LogP contribution in [0, 0.1) is 35.2 Å². The molecule has 3 saturated carbocycles. The van der Waals surface area contributed by atoms with Crippen molar-refractivity contribution in [3.8, 4) is 0 Å². The molecule has 1 unspecified atom stereocenters. The maximum absolute atomic E-state index is 13.9. The number of ether oxygens (including phenoxy) is 3. The van der Waals surface area contributed by atoms with E-state index in [2.05, 4.69) is 84.8 Å². The molecule has 6 N–H and O–H groups in total. The summed E-state index contributed by atoms with van der Waals surface area (Å²) >= 11 is 0. The van der Waals surface area contributed by atoms with Crippen LogP contribution in [-0.4, -0.2) is 122 Å². The molecule has 3 aliphatic carbocycles. The first kappa shape index (κ1) is 72.0. The van der Waals surface area contributed by atoms with Crippen molar-refractivity contribution in [1.82, 2.24) is 60.8 Å². The number of hydrogen-bond donors (Lipinski definition) is 6. The number of aromatic nitrogens is 9. The van der Waals surface area contributed by atoms with Gasteiger partial charge in [0.2, 0.25) is 0 Å².